The van der Waals surface area contributed by atoms with Crippen LogP contribution in [0.15, 0.2) is 0 Å². The first-order valence-electron chi connectivity index (χ1n) is 4.61. The van der Waals surface area contributed by atoms with Gasteiger partial charge in [0, 0.05) is 25.4 Å². The summed E-state index contributed by atoms with van der Waals surface area (Å²) < 4.78 is 5.61. The van der Waals surface area contributed by atoms with Crippen molar-refractivity contribution in [3.8, 4) is 0 Å². The molecule has 1 heterocycles. The molecule has 1 aliphatic heterocycles. The Kier molecular flexibility index (Phi) is 2.15. The number of fused-ring (bicyclic) bond motifs is 1. The van der Waals surface area contributed by atoms with E-state index in [9.17, 15) is 4.79 Å². The summed E-state index contributed by atoms with van der Waals surface area (Å²) in [6.45, 7) is 1.79. The van der Waals surface area contributed by atoms with Gasteiger partial charge in [-0.05, 0) is 13.5 Å². The minimum Gasteiger partial charge on any atom is -0.375 e. The lowest BCUT2D eigenvalue weighted by Gasteiger charge is -2.41. The van der Waals surface area contributed by atoms with Crippen molar-refractivity contribution < 1.29 is 9.53 Å². The molecule has 0 radical (unpaired) electrons. The average molecular weight is 169 g/mol. The lowest BCUT2D eigenvalue weighted by atomic mass is 9.89. The third kappa shape index (κ3) is 1.39. The SMILES string of the molecule is CN1CCOC2CCC(=O)CC21. The number of nitrogens with zero attached hydrogens (tertiary/aromatic N) is 1. The van der Waals surface area contributed by atoms with Crippen LogP contribution in [-0.4, -0.2) is 43.0 Å². The highest BCUT2D eigenvalue weighted by Crippen LogP contribution is 2.25. The van der Waals surface area contributed by atoms with E-state index in [0.717, 1.165) is 26.0 Å². The van der Waals surface area contributed by atoms with Gasteiger partial charge < -0.3 is 4.74 Å². The predicted octanol–water partition coefficient (Wildman–Crippen LogP) is 0.439. The fourth-order valence-corrected chi connectivity index (χ4v) is 2.11. The maximum absolute atomic E-state index is 11.2. The summed E-state index contributed by atoms with van der Waals surface area (Å²) >= 11 is 0. The molecule has 2 unspecified atom stereocenters. The molecule has 1 saturated carbocycles. The van der Waals surface area contributed by atoms with Crippen LogP contribution >= 0.6 is 0 Å². The molecule has 0 N–H and O–H groups in total. The van der Waals surface area contributed by atoms with E-state index < -0.39 is 0 Å². The average Bonchev–Trinajstić information content (AvgIpc) is 2.07. The van der Waals surface area contributed by atoms with Gasteiger partial charge >= 0.3 is 0 Å². The highest BCUT2D eigenvalue weighted by atomic mass is 16.5. The van der Waals surface area contributed by atoms with E-state index in [1.165, 1.54) is 0 Å². The summed E-state index contributed by atoms with van der Waals surface area (Å²) in [6.07, 6.45) is 2.66. The van der Waals surface area contributed by atoms with Gasteiger partial charge in [-0.1, -0.05) is 0 Å². The van der Waals surface area contributed by atoms with E-state index in [1.54, 1.807) is 0 Å². The molecular weight excluding hydrogens is 154 g/mol. The highest BCUT2D eigenvalue weighted by molar-refractivity contribution is 5.80. The van der Waals surface area contributed by atoms with Crippen LogP contribution in [0.5, 0.6) is 0 Å². The molecule has 3 nitrogen and oxygen atoms in total. The molecule has 1 aliphatic carbocycles. The van der Waals surface area contributed by atoms with E-state index >= 15 is 0 Å². The van der Waals surface area contributed by atoms with Crippen molar-refractivity contribution in [2.45, 2.75) is 31.4 Å². The molecule has 2 atom stereocenters. The number of ether oxygens (including phenoxy) is 1. The maximum Gasteiger partial charge on any atom is 0.134 e. The summed E-state index contributed by atoms with van der Waals surface area (Å²) in [4.78, 5) is 13.4. The summed E-state index contributed by atoms with van der Waals surface area (Å²) in [5, 5.41) is 0. The number of Topliss-reactive ketones (excluding diaryl/α,β-unsaturated/α-hetero) is 1. The van der Waals surface area contributed by atoms with E-state index in [0.29, 0.717) is 24.3 Å². The van der Waals surface area contributed by atoms with Crippen LogP contribution in [0.3, 0.4) is 0 Å². The molecule has 68 valence electrons. The number of morpholine rings is 1. The van der Waals surface area contributed by atoms with Gasteiger partial charge in [-0.2, -0.15) is 0 Å². The van der Waals surface area contributed by atoms with Gasteiger partial charge in [-0.25, -0.2) is 0 Å². The second kappa shape index (κ2) is 3.15. The van der Waals surface area contributed by atoms with Gasteiger partial charge in [0.15, 0.2) is 0 Å². The van der Waals surface area contributed by atoms with Gasteiger partial charge in [-0.15, -0.1) is 0 Å². The quantitative estimate of drug-likeness (QED) is 0.527. The molecule has 0 bridgehead atoms. The third-order valence-electron chi connectivity index (χ3n) is 2.92. The van der Waals surface area contributed by atoms with Crippen molar-refractivity contribution in [1.82, 2.24) is 4.90 Å². The Labute approximate surface area is 72.7 Å². The summed E-state index contributed by atoms with van der Waals surface area (Å²) in [5.41, 5.74) is 0. The number of hydrogen-bond donors (Lipinski definition) is 0. The normalized spacial score (nSPS) is 37.9. The Morgan fingerprint density at radius 3 is 3.25 bits per heavy atom. The van der Waals surface area contributed by atoms with Gasteiger partial charge in [0.25, 0.3) is 0 Å². The third-order valence-corrected chi connectivity index (χ3v) is 2.92. The van der Waals surface area contributed by atoms with Crippen LogP contribution < -0.4 is 0 Å². The number of ketones is 1. The highest BCUT2D eigenvalue weighted by Gasteiger charge is 2.35. The predicted molar refractivity (Wildman–Crippen MR) is 45.0 cm³/mol. The molecule has 12 heavy (non-hydrogen) atoms. The molecule has 0 amide bonds. The van der Waals surface area contributed by atoms with E-state index in [2.05, 4.69) is 11.9 Å². The summed E-state index contributed by atoms with van der Waals surface area (Å²) in [6, 6.07) is 0.361. The fraction of sp³-hybridized carbons (Fsp3) is 0.889. The van der Waals surface area contributed by atoms with Gasteiger partial charge in [-0.3, -0.25) is 9.69 Å². The van der Waals surface area contributed by atoms with Crippen molar-refractivity contribution in [2.75, 3.05) is 20.2 Å². The Hall–Kier alpha value is -0.410. The van der Waals surface area contributed by atoms with Crippen LogP contribution in [0.4, 0.5) is 0 Å². The van der Waals surface area contributed by atoms with Crippen LogP contribution in [0.2, 0.25) is 0 Å². The van der Waals surface area contributed by atoms with Gasteiger partial charge in [0.2, 0.25) is 0 Å². The van der Waals surface area contributed by atoms with Crippen molar-refractivity contribution >= 4 is 5.78 Å². The number of rotatable bonds is 0. The largest absolute Gasteiger partial charge is 0.375 e. The first kappa shape index (κ1) is 8.20. The van der Waals surface area contributed by atoms with Gasteiger partial charge in [0.1, 0.15) is 5.78 Å². The lowest BCUT2D eigenvalue weighted by Crippen LogP contribution is -2.52. The van der Waals surface area contributed by atoms with Crippen LogP contribution in [0.1, 0.15) is 19.3 Å². The summed E-state index contributed by atoms with van der Waals surface area (Å²) in [5.74, 6) is 0.397. The monoisotopic (exact) mass is 169 g/mol. The first-order chi connectivity index (χ1) is 5.77. The Morgan fingerprint density at radius 2 is 2.42 bits per heavy atom. The molecule has 3 heteroatoms. The minimum atomic E-state index is 0.321. The first-order valence-corrected chi connectivity index (χ1v) is 4.61. The molecule has 2 rings (SSSR count). The molecular formula is C9H15NO2. The van der Waals surface area contributed by atoms with Crippen LogP contribution in [-0.2, 0) is 9.53 Å². The molecule has 2 aliphatic rings. The van der Waals surface area contributed by atoms with Crippen molar-refractivity contribution in [3.63, 3.8) is 0 Å². The van der Waals surface area contributed by atoms with Crippen molar-refractivity contribution in [2.24, 2.45) is 0 Å². The zero-order valence-corrected chi connectivity index (χ0v) is 7.45. The number of carbonyl (C=O) groups is 1. The van der Waals surface area contributed by atoms with Crippen LogP contribution in [0.25, 0.3) is 0 Å². The molecule has 2 fully saturated rings. The second-order valence-corrected chi connectivity index (χ2v) is 3.74. The fourth-order valence-electron chi connectivity index (χ4n) is 2.11. The zero-order valence-electron chi connectivity index (χ0n) is 7.45. The zero-order chi connectivity index (χ0) is 8.55. The van der Waals surface area contributed by atoms with Gasteiger partial charge in [0.05, 0.1) is 12.7 Å². The second-order valence-electron chi connectivity index (χ2n) is 3.74. The lowest BCUT2D eigenvalue weighted by molar-refractivity contribution is -0.132. The maximum atomic E-state index is 11.2. The molecule has 0 spiro atoms. The minimum absolute atomic E-state index is 0.321. The smallest absolute Gasteiger partial charge is 0.134 e. The Bertz CT molecular complexity index is 193. The topological polar surface area (TPSA) is 29.5 Å². The number of hydrogen-bond acceptors (Lipinski definition) is 3. The van der Waals surface area contributed by atoms with Crippen LogP contribution in [0, 0.1) is 0 Å². The molecule has 0 aromatic carbocycles. The van der Waals surface area contributed by atoms with Crippen molar-refractivity contribution in [3.05, 3.63) is 0 Å². The Morgan fingerprint density at radius 1 is 1.58 bits per heavy atom. The van der Waals surface area contributed by atoms with E-state index in [1.807, 2.05) is 0 Å². The number of likely N-dealkylation sites (N-methyl/N-ethyl adjacent to an activating group) is 1. The number of carbonyl (C=O) groups excluding carboxylic acids is 1. The van der Waals surface area contributed by atoms with E-state index in [-0.39, 0.29) is 0 Å². The van der Waals surface area contributed by atoms with Crippen molar-refractivity contribution in [1.29, 1.82) is 0 Å². The summed E-state index contributed by atoms with van der Waals surface area (Å²) in [7, 11) is 2.08. The Balaban J connectivity index is 2.05. The molecule has 0 aromatic rings. The standard InChI is InChI=1S/C9H15NO2/c1-10-4-5-12-9-3-2-7(11)6-8(9)10/h8-9H,2-6H2,1H3. The molecule has 0 aromatic heterocycles. The molecule has 1 saturated heterocycles. The van der Waals surface area contributed by atoms with E-state index in [4.69, 9.17) is 4.74 Å².